The van der Waals surface area contributed by atoms with Crippen LogP contribution in [0, 0.1) is 0 Å². The third-order valence-electron chi connectivity index (χ3n) is 3.06. The Balaban J connectivity index is 2.78. The molecule has 0 unspecified atom stereocenters. The van der Waals surface area contributed by atoms with Crippen molar-refractivity contribution < 1.29 is 0 Å². The standard InChI is InChI=1S/C15H26N2/c1-12(2)13-8-6-7-9-14(13)17(5)11-10-15(3,4)16/h6-9,12H,10-11,16H2,1-5H3. The molecule has 1 aromatic rings. The molecule has 0 saturated heterocycles. The average molecular weight is 234 g/mol. The van der Waals surface area contributed by atoms with Crippen molar-refractivity contribution in [3.05, 3.63) is 29.8 Å². The number of hydrogen-bond donors (Lipinski definition) is 1. The quantitative estimate of drug-likeness (QED) is 0.846. The fourth-order valence-electron chi connectivity index (χ4n) is 1.90. The summed E-state index contributed by atoms with van der Waals surface area (Å²) in [7, 11) is 2.15. The van der Waals surface area contributed by atoms with Crippen molar-refractivity contribution >= 4 is 5.69 Å². The van der Waals surface area contributed by atoms with Crippen LogP contribution in [0.2, 0.25) is 0 Å². The van der Waals surface area contributed by atoms with Crippen LogP contribution in [0.25, 0.3) is 0 Å². The van der Waals surface area contributed by atoms with Crippen molar-refractivity contribution in [2.75, 3.05) is 18.5 Å². The van der Waals surface area contributed by atoms with Crippen LogP contribution in [-0.2, 0) is 0 Å². The van der Waals surface area contributed by atoms with Crippen molar-refractivity contribution in [3.8, 4) is 0 Å². The van der Waals surface area contributed by atoms with Gasteiger partial charge in [0.25, 0.3) is 0 Å². The first-order valence-electron chi connectivity index (χ1n) is 6.40. The highest BCUT2D eigenvalue weighted by atomic mass is 15.1. The summed E-state index contributed by atoms with van der Waals surface area (Å²) in [4.78, 5) is 2.31. The lowest BCUT2D eigenvalue weighted by Gasteiger charge is -2.27. The van der Waals surface area contributed by atoms with Crippen LogP contribution in [0.4, 0.5) is 5.69 Å². The Morgan fingerprint density at radius 2 is 1.82 bits per heavy atom. The van der Waals surface area contributed by atoms with Gasteiger partial charge in [-0.15, -0.1) is 0 Å². The summed E-state index contributed by atoms with van der Waals surface area (Å²) in [5, 5.41) is 0. The summed E-state index contributed by atoms with van der Waals surface area (Å²) in [6.07, 6.45) is 0.996. The van der Waals surface area contributed by atoms with Crippen molar-refractivity contribution in [2.24, 2.45) is 5.73 Å². The molecule has 2 heteroatoms. The maximum absolute atomic E-state index is 6.03. The maximum Gasteiger partial charge on any atom is 0.0398 e. The molecule has 2 N–H and O–H groups in total. The van der Waals surface area contributed by atoms with Gasteiger partial charge < -0.3 is 10.6 Å². The summed E-state index contributed by atoms with van der Waals surface area (Å²) >= 11 is 0. The Morgan fingerprint density at radius 1 is 1.24 bits per heavy atom. The van der Waals surface area contributed by atoms with Crippen LogP contribution in [0.1, 0.15) is 45.6 Å². The lowest BCUT2D eigenvalue weighted by molar-refractivity contribution is 0.478. The molecule has 0 aliphatic heterocycles. The zero-order valence-electron chi connectivity index (χ0n) is 11.8. The zero-order valence-corrected chi connectivity index (χ0v) is 11.8. The van der Waals surface area contributed by atoms with Crippen LogP contribution < -0.4 is 10.6 Å². The molecule has 0 radical (unpaired) electrons. The zero-order chi connectivity index (χ0) is 13.1. The topological polar surface area (TPSA) is 29.3 Å². The third kappa shape index (κ3) is 4.39. The van der Waals surface area contributed by atoms with E-state index in [1.807, 2.05) is 0 Å². The predicted molar refractivity (Wildman–Crippen MR) is 76.7 cm³/mol. The summed E-state index contributed by atoms with van der Waals surface area (Å²) in [6, 6.07) is 8.62. The van der Waals surface area contributed by atoms with Gasteiger partial charge >= 0.3 is 0 Å². The highest BCUT2D eigenvalue weighted by Crippen LogP contribution is 2.26. The molecule has 0 heterocycles. The molecule has 0 spiro atoms. The second kappa shape index (κ2) is 5.54. The fraction of sp³-hybridized carbons (Fsp3) is 0.600. The first kappa shape index (κ1) is 14.0. The number of para-hydroxylation sites is 1. The Morgan fingerprint density at radius 3 is 2.35 bits per heavy atom. The number of benzene rings is 1. The highest BCUT2D eigenvalue weighted by Gasteiger charge is 2.14. The van der Waals surface area contributed by atoms with Gasteiger partial charge in [0.05, 0.1) is 0 Å². The maximum atomic E-state index is 6.03. The SMILES string of the molecule is CC(C)c1ccccc1N(C)CCC(C)(C)N. The van der Waals surface area contributed by atoms with E-state index in [4.69, 9.17) is 5.73 Å². The van der Waals surface area contributed by atoms with Crippen LogP contribution in [0.3, 0.4) is 0 Å². The normalized spacial score (nSPS) is 11.9. The molecular formula is C15H26N2. The van der Waals surface area contributed by atoms with E-state index in [0.717, 1.165) is 13.0 Å². The fourth-order valence-corrected chi connectivity index (χ4v) is 1.90. The van der Waals surface area contributed by atoms with Gasteiger partial charge in [-0.2, -0.15) is 0 Å². The molecule has 0 amide bonds. The number of nitrogens with zero attached hydrogens (tertiary/aromatic N) is 1. The van der Waals surface area contributed by atoms with E-state index in [2.05, 4.69) is 63.9 Å². The van der Waals surface area contributed by atoms with Crippen molar-refractivity contribution in [2.45, 2.75) is 45.6 Å². The van der Waals surface area contributed by atoms with E-state index in [9.17, 15) is 0 Å². The number of hydrogen-bond acceptors (Lipinski definition) is 2. The number of anilines is 1. The van der Waals surface area contributed by atoms with E-state index in [1.165, 1.54) is 11.3 Å². The van der Waals surface area contributed by atoms with Crippen molar-refractivity contribution in [3.63, 3.8) is 0 Å². The smallest absolute Gasteiger partial charge is 0.0398 e. The second-order valence-corrected chi connectivity index (χ2v) is 5.87. The molecule has 96 valence electrons. The molecule has 17 heavy (non-hydrogen) atoms. The predicted octanol–water partition coefficient (Wildman–Crippen LogP) is 3.37. The summed E-state index contributed by atoms with van der Waals surface area (Å²) in [5.41, 5.74) is 8.67. The molecule has 2 nitrogen and oxygen atoms in total. The van der Waals surface area contributed by atoms with E-state index in [1.54, 1.807) is 0 Å². The molecule has 0 bridgehead atoms. The molecular weight excluding hydrogens is 208 g/mol. The van der Waals surface area contributed by atoms with E-state index in [-0.39, 0.29) is 5.54 Å². The van der Waals surface area contributed by atoms with Gasteiger partial charge in [0, 0.05) is 24.8 Å². The molecule has 0 aromatic heterocycles. The second-order valence-electron chi connectivity index (χ2n) is 5.87. The highest BCUT2D eigenvalue weighted by molar-refractivity contribution is 5.54. The minimum atomic E-state index is -0.0962. The Bertz CT molecular complexity index is 350. The minimum absolute atomic E-state index is 0.0962. The summed E-state index contributed by atoms with van der Waals surface area (Å²) in [6.45, 7) is 9.62. The van der Waals surface area contributed by atoms with Crippen LogP contribution in [-0.4, -0.2) is 19.1 Å². The lowest BCUT2D eigenvalue weighted by atomic mass is 9.99. The molecule has 0 aliphatic carbocycles. The number of rotatable bonds is 5. The minimum Gasteiger partial charge on any atom is -0.374 e. The Labute approximate surface area is 106 Å². The van der Waals surface area contributed by atoms with Crippen LogP contribution in [0.15, 0.2) is 24.3 Å². The summed E-state index contributed by atoms with van der Waals surface area (Å²) in [5.74, 6) is 0.555. The molecule has 1 aromatic carbocycles. The van der Waals surface area contributed by atoms with Gasteiger partial charge in [-0.25, -0.2) is 0 Å². The molecule has 1 rings (SSSR count). The van der Waals surface area contributed by atoms with Crippen LogP contribution in [0.5, 0.6) is 0 Å². The van der Waals surface area contributed by atoms with E-state index < -0.39 is 0 Å². The monoisotopic (exact) mass is 234 g/mol. The molecule has 0 aliphatic rings. The molecule has 0 fully saturated rings. The van der Waals surface area contributed by atoms with E-state index in [0.29, 0.717) is 5.92 Å². The van der Waals surface area contributed by atoms with Gasteiger partial charge in [-0.05, 0) is 37.8 Å². The van der Waals surface area contributed by atoms with Crippen molar-refractivity contribution in [1.82, 2.24) is 0 Å². The Kier molecular flexibility index (Phi) is 4.58. The summed E-state index contributed by atoms with van der Waals surface area (Å²) < 4.78 is 0. The first-order chi connectivity index (χ1) is 7.81. The molecule has 0 atom stereocenters. The van der Waals surface area contributed by atoms with E-state index >= 15 is 0 Å². The van der Waals surface area contributed by atoms with Gasteiger partial charge in [0.1, 0.15) is 0 Å². The van der Waals surface area contributed by atoms with Gasteiger partial charge in [0.2, 0.25) is 0 Å². The van der Waals surface area contributed by atoms with Crippen molar-refractivity contribution in [1.29, 1.82) is 0 Å². The lowest BCUT2D eigenvalue weighted by Crippen LogP contribution is -2.36. The molecule has 0 saturated carbocycles. The third-order valence-corrected chi connectivity index (χ3v) is 3.06. The van der Waals surface area contributed by atoms with Gasteiger partial charge in [-0.3, -0.25) is 0 Å². The number of nitrogens with two attached hydrogens (primary N) is 1. The van der Waals surface area contributed by atoms with Gasteiger partial charge in [0.15, 0.2) is 0 Å². The largest absolute Gasteiger partial charge is 0.374 e. The van der Waals surface area contributed by atoms with Gasteiger partial charge in [-0.1, -0.05) is 32.0 Å². The Hall–Kier alpha value is -1.02. The average Bonchev–Trinajstić information content (AvgIpc) is 2.25. The first-order valence-corrected chi connectivity index (χ1v) is 6.40. The van der Waals surface area contributed by atoms with Crippen LogP contribution >= 0.6 is 0 Å².